The lowest BCUT2D eigenvalue weighted by Gasteiger charge is -2.34. The molecule has 1 fully saturated rings. The lowest BCUT2D eigenvalue weighted by molar-refractivity contribution is 0.0168. The number of carbonyl (C=O) groups is 1. The van der Waals surface area contributed by atoms with Crippen molar-refractivity contribution < 1.29 is 14.3 Å². The first-order chi connectivity index (χ1) is 13.8. The van der Waals surface area contributed by atoms with Crippen LogP contribution in [0, 0.1) is 5.92 Å². The second-order valence-electron chi connectivity index (χ2n) is 8.36. The molecule has 0 saturated carbocycles. The molecule has 0 radical (unpaired) electrons. The van der Waals surface area contributed by atoms with E-state index >= 15 is 0 Å². The molecule has 170 valence electrons. The predicted molar refractivity (Wildman–Crippen MR) is 132 cm³/mol. The molecule has 7 nitrogen and oxygen atoms in total. The zero-order chi connectivity index (χ0) is 21.3. The van der Waals surface area contributed by atoms with Crippen LogP contribution in [0.4, 0.5) is 4.79 Å². The summed E-state index contributed by atoms with van der Waals surface area (Å²) in [5, 5.41) is 6.72. The summed E-state index contributed by atoms with van der Waals surface area (Å²) in [6, 6.07) is 7.93. The van der Waals surface area contributed by atoms with Gasteiger partial charge in [0.25, 0.3) is 0 Å². The molecule has 1 heterocycles. The fourth-order valence-electron chi connectivity index (χ4n) is 3.21. The van der Waals surface area contributed by atoms with Crippen molar-refractivity contribution in [2.45, 2.75) is 52.7 Å². The Kier molecular flexibility index (Phi) is 11.3. The van der Waals surface area contributed by atoms with E-state index in [2.05, 4.69) is 22.5 Å². The topological polar surface area (TPSA) is 75.2 Å². The highest BCUT2D eigenvalue weighted by molar-refractivity contribution is 14.0. The molecule has 2 N–H and O–H groups in total. The van der Waals surface area contributed by atoms with Crippen LogP contribution in [0.5, 0.6) is 5.75 Å². The van der Waals surface area contributed by atoms with Gasteiger partial charge in [0.05, 0.1) is 13.7 Å². The number of ether oxygens (including phenoxy) is 2. The summed E-state index contributed by atoms with van der Waals surface area (Å²) in [6.45, 7) is 11.4. The van der Waals surface area contributed by atoms with Crippen LogP contribution < -0.4 is 15.4 Å². The van der Waals surface area contributed by atoms with Crippen LogP contribution in [0.25, 0.3) is 0 Å². The molecule has 2 rings (SSSR count). The molecule has 0 bridgehead atoms. The standard InChI is InChI=1S/C22H36N4O3.HI/c1-6-23-20(24-14-17-9-11-19(28-5)12-10-17)25-15-18-8-7-13-26(16-18)21(27)29-22(2,3)4;/h9-12,18H,6-8,13-16H2,1-5H3,(H2,23,24,25);1H. The Balaban J connectivity index is 0.00000450. The number of rotatable bonds is 6. The Morgan fingerprint density at radius 1 is 1.23 bits per heavy atom. The SMILES string of the molecule is CCNC(=NCc1ccc(OC)cc1)NCC1CCCN(C(=O)OC(C)(C)C)C1.I. The van der Waals surface area contributed by atoms with Crippen LogP contribution in [-0.4, -0.2) is 55.8 Å². The number of carbonyl (C=O) groups excluding carboxylic acids is 1. The first kappa shape index (κ1) is 26.3. The molecule has 0 aromatic heterocycles. The fraction of sp³-hybridized carbons (Fsp3) is 0.636. The van der Waals surface area contributed by atoms with Crippen molar-refractivity contribution in [3.8, 4) is 5.75 Å². The van der Waals surface area contributed by atoms with Crippen LogP contribution in [-0.2, 0) is 11.3 Å². The van der Waals surface area contributed by atoms with Gasteiger partial charge in [0, 0.05) is 26.2 Å². The summed E-state index contributed by atoms with van der Waals surface area (Å²) >= 11 is 0. The number of piperidine rings is 1. The van der Waals surface area contributed by atoms with Crippen molar-refractivity contribution in [3.05, 3.63) is 29.8 Å². The number of nitrogens with zero attached hydrogens (tertiary/aromatic N) is 2. The lowest BCUT2D eigenvalue weighted by Crippen LogP contribution is -2.47. The highest BCUT2D eigenvalue weighted by Crippen LogP contribution is 2.19. The van der Waals surface area contributed by atoms with Crippen molar-refractivity contribution in [1.29, 1.82) is 0 Å². The lowest BCUT2D eigenvalue weighted by atomic mass is 9.98. The van der Waals surface area contributed by atoms with Gasteiger partial charge in [-0.15, -0.1) is 24.0 Å². The van der Waals surface area contributed by atoms with Gasteiger partial charge < -0.3 is 25.0 Å². The van der Waals surface area contributed by atoms with Crippen LogP contribution in [0.2, 0.25) is 0 Å². The number of hydrogen-bond acceptors (Lipinski definition) is 4. The number of nitrogens with one attached hydrogen (secondary N) is 2. The first-order valence-corrected chi connectivity index (χ1v) is 10.4. The van der Waals surface area contributed by atoms with Gasteiger partial charge in [0.2, 0.25) is 0 Å². The number of likely N-dealkylation sites (tertiary alicyclic amines) is 1. The van der Waals surface area contributed by atoms with E-state index in [9.17, 15) is 4.79 Å². The maximum atomic E-state index is 12.3. The molecular weight excluding hydrogens is 495 g/mol. The van der Waals surface area contributed by atoms with E-state index in [1.54, 1.807) is 7.11 Å². The van der Waals surface area contributed by atoms with Gasteiger partial charge in [-0.1, -0.05) is 12.1 Å². The third-order valence-corrected chi connectivity index (χ3v) is 4.65. The number of aliphatic imine (C=N–C) groups is 1. The summed E-state index contributed by atoms with van der Waals surface area (Å²) in [6.07, 6.45) is 1.86. The molecular formula is C22H37IN4O3. The molecule has 0 spiro atoms. The van der Waals surface area contributed by atoms with Gasteiger partial charge in [0.15, 0.2) is 5.96 Å². The van der Waals surface area contributed by atoms with Crippen LogP contribution in [0.15, 0.2) is 29.3 Å². The number of halogens is 1. The predicted octanol–water partition coefficient (Wildman–Crippen LogP) is 4.02. The highest BCUT2D eigenvalue weighted by atomic mass is 127. The van der Waals surface area contributed by atoms with Gasteiger partial charge in [0.1, 0.15) is 11.4 Å². The summed E-state index contributed by atoms with van der Waals surface area (Å²) in [7, 11) is 1.66. The van der Waals surface area contributed by atoms with Crippen LogP contribution >= 0.6 is 24.0 Å². The maximum absolute atomic E-state index is 12.3. The molecule has 1 amide bonds. The van der Waals surface area contributed by atoms with E-state index in [-0.39, 0.29) is 30.1 Å². The summed E-state index contributed by atoms with van der Waals surface area (Å²) in [5.41, 5.74) is 0.658. The molecule has 1 aliphatic rings. The minimum atomic E-state index is -0.464. The Morgan fingerprint density at radius 3 is 2.53 bits per heavy atom. The van der Waals surface area contributed by atoms with Gasteiger partial charge in [-0.3, -0.25) is 0 Å². The Labute approximate surface area is 198 Å². The third-order valence-electron chi connectivity index (χ3n) is 4.65. The van der Waals surface area contributed by atoms with E-state index in [1.165, 1.54) is 0 Å². The van der Waals surface area contributed by atoms with Crippen molar-refractivity contribution in [2.75, 3.05) is 33.3 Å². The largest absolute Gasteiger partial charge is 0.497 e. The normalized spacial score (nSPS) is 17.0. The van der Waals surface area contributed by atoms with Gasteiger partial charge in [-0.2, -0.15) is 0 Å². The molecule has 1 aliphatic heterocycles. The molecule has 30 heavy (non-hydrogen) atoms. The van der Waals surface area contributed by atoms with Crippen molar-refractivity contribution >= 4 is 36.0 Å². The Bertz CT molecular complexity index is 674. The number of guanidine groups is 1. The molecule has 1 saturated heterocycles. The number of amides is 1. The van der Waals surface area contributed by atoms with Gasteiger partial charge in [-0.25, -0.2) is 9.79 Å². The van der Waals surface area contributed by atoms with E-state index in [4.69, 9.17) is 9.47 Å². The maximum Gasteiger partial charge on any atom is 0.410 e. The number of benzene rings is 1. The van der Waals surface area contributed by atoms with Crippen molar-refractivity contribution in [2.24, 2.45) is 10.9 Å². The molecule has 0 aliphatic carbocycles. The summed E-state index contributed by atoms with van der Waals surface area (Å²) < 4.78 is 10.7. The van der Waals surface area contributed by atoms with Crippen LogP contribution in [0.1, 0.15) is 46.1 Å². The number of hydrogen-bond donors (Lipinski definition) is 2. The highest BCUT2D eigenvalue weighted by Gasteiger charge is 2.27. The van der Waals surface area contributed by atoms with E-state index in [0.29, 0.717) is 19.0 Å². The molecule has 8 heteroatoms. The Morgan fingerprint density at radius 2 is 1.93 bits per heavy atom. The minimum absolute atomic E-state index is 0. The van der Waals surface area contributed by atoms with E-state index < -0.39 is 5.60 Å². The minimum Gasteiger partial charge on any atom is -0.497 e. The van der Waals surface area contributed by atoms with Gasteiger partial charge in [-0.05, 0) is 64.2 Å². The average Bonchev–Trinajstić information content (AvgIpc) is 2.69. The zero-order valence-electron chi connectivity index (χ0n) is 18.9. The van der Waals surface area contributed by atoms with E-state index in [1.807, 2.05) is 49.9 Å². The fourth-order valence-corrected chi connectivity index (χ4v) is 3.21. The molecule has 1 unspecified atom stereocenters. The Hall–Kier alpha value is -1.71. The zero-order valence-corrected chi connectivity index (χ0v) is 21.2. The van der Waals surface area contributed by atoms with Gasteiger partial charge >= 0.3 is 6.09 Å². The third kappa shape index (κ3) is 9.40. The second kappa shape index (κ2) is 12.9. The molecule has 1 aromatic carbocycles. The first-order valence-electron chi connectivity index (χ1n) is 10.4. The summed E-state index contributed by atoms with van der Waals surface area (Å²) in [5.74, 6) is 2.01. The smallest absolute Gasteiger partial charge is 0.410 e. The number of methoxy groups -OCH3 is 1. The quantitative estimate of drug-likeness (QED) is 0.329. The molecule has 1 atom stereocenters. The van der Waals surface area contributed by atoms with Crippen LogP contribution in [0.3, 0.4) is 0 Å². The van der Waals surface area contributed by atoms with Crippen molar-refractivity contribution in [3.63, 3.8) is 0 Å². The molecule has 1 aromatic rings. The monoisotopic (exact) mass is 532 g/mol. The van der Waals surface area contributed by atoms with Crippen molar-refractivity contribution in [1.82, 2.24) is 15.5 Å². The average molecular weight is 532 g/mol. The second-order valence-corrected chi connectivity index (χ2v) is 8.36. The summed E-state index contributed by atoms with van der Waals surface area (Å²) in [4.78, 5) is 18.8. The van der Waals surface area contributed by atoms with E-state index in [0.717, 1.165) is 49.7 Å².